The van der Waals surface area contributed by atoms with Crippen LogP contribution >= 0.6 is 0 Å². The van der Waals surface area contributed by atoms with Crippen LogP contribution in [0.15, 0.2) is 12.1 Å². The fourth-order valence-electron chi connectivity index (χ4n) is 3.64. The molecular formula is C20H24O. The van der Waals surface area contributed by atoms with Gasteiger partial charge in [0.25, 0.3) is 0 Å². The first-order chi connectivity index (χ1) is 9.82. The maximum absolute atomic E-state index is 10.9. The molecule has 0 amide bonds. The van der Waals surface area contributed by atoms with Gasteiger partial charge in [-0.15, -0.1) is 0 Å². The van der Waals surface area contributed by atoms with Crippen LogP contribution in [0, 0.1) is 41.5 Å². The topological polar surface area (TPSA) is 20.2 Å². The van der Waals surface area contributed by atoms with E-state index in [9.17, 15) is 5.11 Å². The average Bonchev–Trinajstić information content (AvgIpc) is 2.45. The lowest BCUT2D eigenvalue weighted by molar-refractivity contribution is 0.215. The summed E-state index contributed by atoms with van der Waals surface area (Å²) in [7, 11) is 0. The van der Waals surface area contributed by atoms with E-state index in [2.05, 4.69) is 53.7 Å². The summed E-state index contributed by atoms with van der Waals surface area (Å²) in [5.74, 6) is 0. The molecule has 0 fully saturated rings. The van der Waals surface area contributed by atoms with Gasteiger partial charge >= 0.3 is 0 Å². The summed E-state index contributed by atoms with van der Waals surface area (Å²) in [5, 5.41) is 10.9. The Kier molecular flexibility index (Phi) is 3.22. The monoisotopic (exact) mass is 280 g/mol. The van der Waals surface area contributed by atoms with Crippen molar-refractivity contribution in [2.45, 2.75) is 54.1 Å². The molecule has 0 atom stereocenters. The fraction of sp³-hybridized carbons (Fsp3) is 0.400. The molecule has 0 saturated heterocycles. The van der Waals surface area contributed by atoms with Crippen molar-refractivity contribution in [3.63, 3.8) is 0 Å². The smallest absolute Gasteiger partial charge is 0.105 e. The summed E-state index contributed by atoms with van der Waals surface area (Å²) in [6.45, 7) is 13.0. The van der Waals surface area contributed by atoms with Gasteiger partial charge < -0.3 is 5.11 Å². The molecule has 2 aromatic rings. The number of aliphatic hydroxyl groups is 1. The third-order valence-corrected chi connectivity index (χ3v) is 5.60. The maximum Gasteiger partial charge on any atom is 0.105 e. The van der Waals surface area contributed by atoms with E-state index >= 15 is 0 Å². The standard InChI is InChI=1S/C20H24O/c1-10-7-18-16(14(5)12(10)3)9-17-15(6)13(4)11(2)8-19(17)20(18)21/h7-8,20-21H,9H2,1-6H3. The zero-order chi connectivity index (χ0) is 15.5. The molecule has 0 spiro atoms. The number of hydrogen-bond acceptors (Lipinski definition) is 1. The largest absolute Gasteiger partial charge is 0.384 e. The fourth-order valence-corrected chi connectivity index (χ4v) is 3.64. The van der Waals surface area contributed by atoms with Gasteiger partial charge in [-0.25, -0.2) is 0 Å². The Bertz CT molecular complexity index is 690. The number of benzene rings is 2. The van der Waals surface area contributed by atoms with E-state index in [1.54, 1.807) is 0 Å². The molecule has 21 heavy (non-hydrogen) atoms. The van der Waals surface area contributed by atoms with Crippen LogP contribution in [0.3, 0.4) is 0 Å². The van der Waals surface area contributed by atoms with Crippen LogP contribution in [-0.4, -0.2) is 5.11 Å². The number of aliphatic hydroxyl groups excluding tert-OH is 1. The van der Waals surface area contributed by atoms with Gasteiger partial charge in [0.1, 0.15) is 6.10 Å². The number of rotatable bonds is 0. The Morgan fingerprint density at radius 3 is 1.48 bits per heavy atom. The van der Waals surface area contributed by atoms with E-state index in [0.29, 0.717) is 0 Å². The van der Waals surface area contributed by atoms with E-state index in [1.807, 2.05) is 0 Å². The van der Waals surface area contributed by atoms with Crippen molar-refractivity contribution in [1.29, 1.82) is 0 Å². The van der Waals surface area contributed by atoms with Crippen molar-refractivity contribution in [1.82, 2.24) is 0 Å². The van der Waals surface area contributed by atoms with Crippen LogP contribution in [-0.2, 0) is 6.42 Å². The van der Waals surface area contributed by atoms with E-state index < -0.39 is 6.10 Å². The van der Waals surface area contributed by atoms with Crippen LogP contribution in [0.5, 0.6) is 0 Å². The van der Waals surface area contributed by atoms with Crippen LogP contribution in [0.2, 0.25) is 0 Å². The van der Waals surface area contributed by atoms with E-state index in [1.165, 1.54) is 44.5 Å². The maximum atomic E-state index is 10.9. The molecule has 110 valence electrons. The van der Waals surface area contributed by atoms with Gasteiger partial charge in [0.15, 0.2) is 0 Å². The molecule has 1 heteroatoms. The molecule has 0 aromatic heterocycles. The lowest BCUT2D eigenvalue weighted by Gasteiger charge is -2.30. The average molecular weight is 280 g/mol. The van der Waals surface area contributed by atoms with Crippen LogP contribution in [0.1, 0.15) is 61.7 Å². The third-order valence-electron chi connectivity index (χ3n) is 5.60. The van der Waals surface area contributed by atoms with Gasteiger partial charge in [-0.1, -0.05) is 12.1 Å². The highest BCUT2D eigenvalue weighted by molar-refractivity contribution is 5.58. The minimum Gasteiger partial charge on any atom is -0.384 e. The number of fused-ring (bicyclic) bond motifs is 2. The summed E-state index contributed by atoms with van der Waals surface area (Å²) in [6.07, 6.45) is 0.460. The summed E-state index contributed by atoms with van der Waals surface area (Å²) >= 11 is 0. The van der Waals surface area contributed by atoms with Gasteiger partial charge in [-0.05, 0) is 104 Å². The highest BCUT2D eigenvalue weighted by atomic mass is 16.3. The first-order valence-corrected chi connectivity index (χ1v) is 7.70. The molecule has 1 aliphatic carbocycles. The first-order valence-electron chi connectivity index (χ1n) is 7.70. The molecule has 0 heterocycles. The molecule has 0 radical (unpaired) electrons. The molecule has 0 unspecified atom stereocenters. The number of aryl methyl sites for hydroxylation is 2. The second kappa shape index (κ2) is 4.71. The molecule has 0 bridgehead atoms. The molecule has 2 aromatic carbocycles. The van der Waals surface area contributed by atoms with Gasteiger partial charge in [-0.2, -0.15) is 0 Å². The molecule has 1 aliphatic rings. The van der Waals surface area contributed by atoms with Crippen molar-refractivity contribution in [3.8, 4) is 0 Å². The van der Waals surface area contributed by atoms with Crippen LogP contribution in [0.4, 0.5) is 0 Å². The molecule has 0 saturated carbocycles. The minimum atomic E-state index is -0.486. The molecule has 1 nitrogen and oxygen atoms in total. The molecule has 3 rings (SSSR count). The Balaban J connectivity index is 2.30. The highest BCUT2D eigenvalue weighted by Gasteiger charge is 2.28. The Morgan fingerprint density at radius 2 is 1.10 bits per heavy atom. The van der Waals surface area contributed by atoms with Gasteiger partial charge in [0, 0.05) is 0 Å². The summed E-state index contributed by atoms with van der Waals surface area (Å²) in [6, 6.07) is 4.35. The SMILES string of the molecule is Cc1cc2c(c(C)c1C)Cc1c(cc(C)c(C)c1C)C2O. The van der Waals surface area contributed by atoms with Gasteiger partial charge in [0.05, 0.1) is 0 Å². The second-order valence-corrected chi connectivity index (χ2v) is 6.60. The summed E-state index contributed by atoms with van der Waals surface area (Å²) in [4.78, 5) is 0. The Hall–Kier alpha value is -1.60. The third kappa shape index (κ3) is 1.95. The normalized spacial score (nSPS) is 14.0. The van der Waals surface area contributed by atoms with E-state index in [4.69, 9.17) is 0 Å². The Labute approximate surface area is 127 Å². The van der Waals surface area contributed by atoms with Crippen molar-refractivity contribution in [2.75, 3.05) is 0 Å². The summed E-state index contributed by atoms with van der Waals surface area (Å²) in [5.41, 5.74) is 12.8. The zero-order valence-corrected chi connectivity index (χ0v) is 13.9. The Morgan fingerprint density at radius 1 is 0.714 bits per heavy atom. The lowest BCUT2D eigenvalue weighted by Crippen LogP contribution is -2.18. The first kappa shape index (κ1) is 14.3. The van der Waals surface area contributed by atoms with E-state index in [0.717, 1.165) is 17.5 Å². The van der Waals surface area contributed by atoms with Crippen molar-refractivity contribution in [3.05, 3.63) is 67.8 Å². The summed E-state index contributed by atoms with van der Waals surface area (Å²) < 4.78 is 0. The predicted octanol–water partition coefficient (Wildman–Crippen LogP) is 4.52. The van der Waals surface area contributed by atoms with Gasteiger partial charge in [-0.3, -0.25) is 0 Å². The predicted molar refractivity (Wildman–Crippen MR) is 88.2 cm³/mol. The van der Waals surface area contributed by atoms with Crippen LogP contribution in [0.25, 0.3) is 0 Å². The van der Waals surface area contributed by atoms with Crippen molar-refractivity contribution >= 4 is 0 Å². The van der Waals surface area contributed by atoms with Crippen molar-refractivity contribution in [2.24, 2.45) is 0 Å². The lowest BCUT2D eigenvalue weighted by atomic mass is 9.77. The quantitative estimate of drug-likeness (QED) is 0.752. The number of hydrogen-bond donors (Lipinski definition) is 1. The van der Waals surface area contributed by atoms with Crippen LogP contribution < -0.4 is 0 Å². The minimum absolute atomic E-state index is 0.486. The molecule has 0 aliphatic heterocycles. The second-order valence-electron chi connectivity index (χ2n) is 6.60. The van der Waals surface area contributed by atoms with Crippen molar-refractivity contribution < 1.29 is 5.11 Å². The van der Waals surface area contributed by atoms with E-state index in [-0.39, 0.29) is 0 Å². The highest BCUT2D eigenvalue weighted by Crippen LogP contribution is 2.40. The van der Waals surface area contributed by atoms with Gasteiger partial charge in [0.2, 0.25) is 0 Å². The molecule has 1 N–H and O–H groups in total. The molecular weight excluding hydrogens is 256 g/mol. The zero-order valence-electron chi connectivity index (χ0n) is 13.9.